The molecular formula is C94H64N6O2. The van der Waals surface area contributed by atoms with Crippen molar-refractivity contribution in [2.75, 3.05) is 9.80 Å². The van der Waals surface area contributed by atoms with Crippen LogP contribution >= 0.6 is 0 Å². The van der Waals surface area contributed by atoms with Crippen molar-refractivity contribution in [3.05, 3.63) is 338 Å². The van der Waals surface area contributed by atoms with Crippen molar-refractivity contribution in [3.63, 3.8) is 0 Å². The van der Waals surface area contributed by atoms with Gasteiger partial charge in [-0.1, -0.05) is 202 Å². The molecule has 21 rings (SSSR count). The summed E-state index contributed by atoms with van der Waals surface area (Å²) in [6.07, 6.45) is 0. The third-order valence-electron chi connectivity index (χ3n) is 19.1. The Morgan fingerprint density at radius 3 is 0.990 bits per heavy atom. The number of hydrogen-bond donors (Lipinski definition) is 0. The van der Waals surface area contributed by atoms with E-state index < -0.39 is 187 Å². The molecule has 8 heteroatoms. The molecule has 0 aliphatic heterocycles. The van der Waals surface area contributed by atoms with Crippen LogP contribution in [0.25, 0.3) is 154 Å². The second kappa shape index (κ2) is 22.1. The Kier molecular flexibility index (Phi) is 7.68. The average molecular weight is 1340 g/mol. The molecule has 0 unspecified atom stereocenters. The topological polar surface area (TPSA) is 52.5 Å². The Labute approximate surface area is 628 Å². The fourth-order valence-electron chi connectivity index (χ4n) is 14.7. The van der Waals surface area contributed by atoms with Gasteiger partial charge in [0.05, 0.1) is 108 Å². The Hall–Kier alpha value is -13.3. The van der Waals surface area contributed by atoms with Gasteiger partial charge in [-0.3, -0.25) is 0 Å². The smallest absolute Gasteiger partial charge is 0.137 e. The highest BCUT2D eigenvalue weighted by Crippen LogP contribution is 2.51. The van der Waals surface area contributed by atoms with E-state index in [0.717, 1.165) is 0 Å². The zero-order valence-electron chi connectivity index (χ0n) is 83.9. The molecule has 0 atom stereocenters. The average Bonchev–Trinajstić information content (AvgIpc) is 1.56. The van der Waals surface area contributed by atoms with Crippen LogP contribution in [0.4, 0.5) is 34.1 Å². The van der Waals surface area contributed by atoms with Crippen molar-refractivity contribution < 1.29 is 50.0 Å². The molecule has 0 saturated heterocycles. The number of nitrogens with zero attached hydrogens (tertiary/aromatic N) is 6. The Balaban J connectivity index is 0.966. The maximum absolute atomic E-state index is 10.9. The van der Waals surface area contributed by atoms with Crippen LogP contribution in [0.2, 0.25) is 0 Å². The van der Waals surface area contributed by atoms with Crippen LogP contribution in [0.1, 0.15) is 67.5 Å². The minimum Gasteiger partial charge on any atom is -0.456 e. The van der Waals surface area contributed by atoms with Gasteiger partial charge >= 0.3 is 0 Å². The van der Waals surface area contributed by atoms with E-state index in [-0.39, 0.29) is 155 Å². The molecule has 0 amide bonds. The van der Waals surface area contributed by atoms with Gasteiger partial charge in [-0.15, -0.1) is 0 Å². The third kappa shape index (κ3) is 8.69. The molecule has 102 heavy (non-hydrogen) atoms. The van der Waals surface area contributed by atoms with Gasteiger partial charge in [0.15, 0.2) is 0 Å². The third-order valence-corrected chi connectivity index (χ3v) is 19.1. The molecule has 0 bridgehead atoms. The van der Waals surface area contributed by atoms with Gasteiger partial charge in [0.2, 0.25) is 0 Å². The fourth-order valence-corrected chi connectivity index (χ4v) is 14.7. The van der Waals surface area contributed by atoms with Crippen LogP contribution in [0.5, 0.6) is 0 Å². The van der Waals surface area contributed by atoms with Gasteiger partial charge in [0.25, 0.3) is 0 Å². The molecule has 482 valence electrons. The highest BCUT2D eigenvalue weighted by molar-refractivity contribution is 6.18. The molecule has 0 N–H and O–H groups in total. The Morgan fingerprint density at radius 1 is 0.265 bits per heavy atom. The van der Waals surface area contributed by atoms with E-state index in [2.05, 4.69) is 0 Å². The van der Waals surface area contributed by atoms with Crippen molar-refractivity contribution in [1.82, 2.24) is 18.3 Å². The number of benzene rings is 15. The number of furan rings is 2. The number of rotatable bonds is 10. The van der Waals surface area contributed by atoms with Gasteiger partial charge < -0.3 is 36.9 Å². The second-order valence-corrected chi connectivity index (χ2v) is 25.8. The molecule has 0 radical (unpaired) electrons. The lowest BCUT2D eigenvalue weighted by Gasteiger charge is -2.33. The van der Waals surface area contributed by atoms with Gasteiger partial charge in [-0.05, 0) is 150 Å². The minimum atomic E-state index is -1.13. The number of aromatic nitrogens is 4. The van der Waals surface area contributed by atoms with Crippen molar-refractivity contribution in [2.45, 2.75) is 26.2 Å². The maximum atomic E-state index is 10.9. The number of hydrogen-bond acceptors (Lipinski definition) is 4. The lowest BCUT2D eigenvalue weighted by molar-refractivity contribution is 0.590. The monoisotopic (exact) mass is 1340 g/mol. The van der Waals surface area contributed by atoms with Gasteiger partial charge in [0, 0.05) is 111 Å². The minimum absolute atomic E-state index is 0.0676. The quantitative estimate of drug-likeness (QED) is 0.137. The molecule has 21 aromatic rings. The van der Waals surface area contributed by atoms with E-state index in [1.165, 1.54) is 82.7 Å². The van der Waals surface area contributed by atoms with Crippen LogP contribution < -0.4 is 9.80 Å². The van der Waals surface area contributed by atoms with E-state index in [1.54, 1.807) is 72.8 Å². The molecule has 6 aromatic heterocycles. The number of para-hydroxylation sites is 10. The number of fused-ring (bicyclic) bond motifs is 18. The Morgan fingerprint density at radius 2 is 0.598 bits per heavy atom. The molecule has 0 saturated carbocycles. The lowest BCUT2D eigenvalue weighted by Crippen LogP contribution is -2.18. The molecule has 15 aromatic carbocycles. The molecule has 0 aliphatic carbocycles. The second-order valence-electron chi connectivity index (χ2n) is 25.8. The van der Waals surface area contributed by atoms with E-state index >= 15 is 0 Å². The predicted molar refractivity (Wildman–Crippen MR) is 426 cm³/mol. The highest BCUT2D eigenvalue weighted by atomic mass is 16.3. The lowest BCUT2D eigenvalue weighted by atomic mass is 9.86. The summed E-state index contributed by atoms with van der Waals surface area (Å²) in [7, 11) is 0. The predicted octanol–water partition coefficient (Wildman–Crippen LogP) is 26.1. The standard InChI is InChI=1S/C94H64N6O2/c1-94(2,3)59-52-66(95(60-24-20-26-62(54-60)97-80-38-12-4-28-68(80)69-29-5-13-39-81(69)97)86-44-22-36-78-72-32-8-16-42-84(72)99(92(78)86)64-48-50-76-74-34-10-18-46-88(74)101-90(76)57-64)56-67(53-59)96(61-25-21-27-63(55-61)98-82-40-14-6-30-70(82)71-31-7-15-41-83(71)98)87-45-23-37-79-73-33-9-17-43-85(73)100(93(79)87)65-49-51-77-75-35-11-19-47-89(75)102-91(77)58-65/h4-58H,1-3H3/i4D,5D,6D,7D,8D,9D,12D,13D,14D,15D,16D,17D,22D,23D,28D,29D,30D,31D,32D,33D,36D,37D,38D,39D,40D,41D,42D,43D,44D,45D. The first-order chi connectivity index (χ1) is 62.7. The Bertz CT molecular complexity index is 8290. The van der Waals surface area contributed by atoms with Gasteiger partial charge in [-0.25, -0.2) is 0 Å². The first-order valence-electron chi connectivity index (χ1n) is 47.6. The molecule has 0 aliphatic rings. The van der Waals surface area contributed by atoms with Crippen molar-refractivity contribution in [2.24, 2.45) is 0 Å². The van der Waals surface area contributed by atoms with Crippen molar-refractivity contribution >= 4 is 165 Å². The summed E-state index contributed by atoms with van der Waals surface area (Å²) in [5, 5.41) is 0.315. The summed E-state index contributed by atoms with van der Waals surface area (Å²) in [6, 6.07) is 20.1. The van der Waals surface area contributed by atoms with Crippen LogP contribution in [0, 0.1) is 0 Å². The zero-order chi connectivity index (χ0) is 93.6. The summed E-state index contributed by atoms with van der Waals surface area (Å²) >= 11 is 0. The molecule has 6 heterocycles. The van der Waals surface area contributed by atoms with Gasteiger partial charge in [0.1, 0.15) is 22.3 Å². The largest absolute Gasteiger partial charge is 0.456 e. The highest BCUT2D eigenvalue weighted by Gasteiger charge is 2.30. The van der Waals surface area contributed by atoms with Crippen molar-refractivity contribution in [3.8, 4) is 22.7 Å². The first-order valence-corrected chi connectivity index (χ1v) is 32.6. The summed E-state index contributed by atoms with van der Waals surface area (Å²) in [6.45, 7) is 5.51. The van der Waals surface area contributed by atoms with E-state index in [0.29, 0.717) is 38.3 Å². The zero-order valence-corrected chi connectivity index (χ0v) is 53.9. The maximum Gasteiger partial charge on any atom is 0.137 e. The molecule has 0 spiro atoms. The van der Waals surface area contributed by atoms with Crippen LogP contribution in [0.15, 0.2) is 342 Å². The SMILES string of the molecule is [2H]c1c([2H])c([2H])c2c(c1[2H])c1c([2H])c([2H])c([2H])c([2H])c1n2-c1cccc(N(c2cc(N(c3cccc(-n4c5c([2H])c([2H])c([2H])c([2H])c5c5c([2H])c([2H])c([2H])c([2H])c54)c3)c3c([2H])c([2H])c([2H])c4c5c([2H])c([2H])c([2H])c([2H])c5n(-c5ccc6c(c5)oc5ccccc56)c34)cc(C(C)(C)C)c2)c2c([2H])c([2H])c([2H])c3c4c([2H])c([2H])c([2H])c([2H])c4n(-c4ccc5c(c4)oc4ccccc45)c23)c1. The summed E-state index contributed by atoms with van der Waals surface area (Å²) in [5.41, 5.74) is -2.39. The van der Waals surface area contributed by atoms with E-state index in [9.17, 15) is 35.6 Å². The first kappa shape index (κ1) is 35.5. The van der Waals surface area contributed by atoms with Gasteiger partial charge in [-0.2, -0.15) is 0 Å². The number of anilines is 6. The van der Waals surface area contributed by atoms with E-state index in [1.807, 2.05) is 45.0 Å². The molecule has 0 fully saturated rings. The van der Waals surface area contributed by atoms with E-state index in [4.69, 9.17) is 14.3 Å². The summed E-state index contributed by atoms with van der Waals surface area (Å²) < 4.78 is 308. The summed E-state index contributed by atoms with van der Waals surface area (Å²) in [5.74, 6) is 0. The molecule has 8 nitrogen and oxygen atoms in total. The van der Waals surface area contributed by atoms with Crippen molar-refractivity contribution in [1.29, 1.82) is 0 Å². The normalized spacial score (nSPS) is 16.4. The fraction of sp³-hybridized carbons (Fsp3) is 0.0426. The van der Waals surface area contributed by atoms with Crippen LogP contribution in [0.3, 0.4) is 0 Å². The van der Waals surface area contributed by atoms with Crippen LogP contribution in [-0.4, -0.2) is 18.3 Å². The molecular weight excluding hydrogens is 1250 g/mol. The summed E-state index contributed by atoms with van der Waals surface area (Å²) in [4.78, 5) is 2.93. The van der Waals surface area contributed by atoms with Crippen LogP contribution in [-0.2, 0) is 5.41 Å².